The van der Waals surface area contributed by atoms with E-state index in [0.29, 0.717) is 18.1 Å². The third-order valence-electron chi connectivity index (χ3n) is 2.43. The highest BCUT2D eigenvalue weighted by atomic mass is 16.5. The molecule has 2 aromatic heterocycles. The lowest BCUT2D eigenvalue weighted by Crippen LogP contribution is -2.00. The van der Waals surface area contributed by atoms with E-state index in [0.717, 1.165) is 17.5 Å². The highest BCUT2D eigenvalue weighted by Crippen LogP contribution is 2.23. The van der Waals surface area contributed by atoms with Crippen molar-refractivity contribution in [2.45, 2.75) is 13.3 Å². The van der Waals surface area contributed by atoms with Gasteiger partial charge in [0.05, 0.1) is 6.61 Å². The molecule has 0 aliphatic heterocycles. The van der Waals surface area contributed by atoms with Crippen molar-refractivity contribution >= 4 is 0 Å². The summed E-state index contributed by atoms with van der Waals surface area (Å²) in [6.07, 6.45) is 6.02. The maximum absolute atomic E-state index is 9.11. The van der Waals surface area contributed by atoms with Gasteiger partial charge in [-0.25, -0.2) is 4.98 Å². The third kappa shape index (κ3) is 2.64. The van der Waals surface area contributed by atoms with E-state index in [1.54, 1.807) is 24.7 Å². The van der Waals surface area contributed by atoms with Gasteiger partial charge < -0.3 is 4.74 Å². The molecule has 0 fully saturated rings. The first-order chi connectivity index (χ1) is 8.85. The van der Waals surface area contributed by atoms with Crippen LogP contribution in [0.25, 0.3) is 11.1 Å². The van der Waals surface area contributed by atoms with Gasteiger partial charge in [-0.05, 0) is 30.2 Å². The fourth-order valence-electron chi connectivity index (χ4n) is 1.55. The van der Waals surface area contributed by atoms with Gasteiger partial charge in [0, 0.05) is 24.2 Å². The Bertz CT molecular complexity index is 561. The van der Waals surface area contributed by atoms with Crippen LogP contribution < -0.4 is 4.74 Å². The number of hydrogen-bond donors (Lipinski definition) is 0. The topological polar surface area (TPSA) is 58.8 Å². The first-order valence-electron chi connectivity index (χ1n) is 5.78. The van der Waals surface area contributed by atoms with E-state index >= 15 is 0 Å². The fourth-order valence-corrected chi connectivity index (χ4v) is 1.55. The summed E-state index contributed by atoms with van der Waals surface area (Å²) in [5.74, 6) is 0.400. The second-order valence-corrected chi connectivity index (χ2v) is 3.77. The van der Waals surface area contributed by atoms with Crippen LogP contribution in [0.1, 0.15) is 18.9 Å². The van der Waals surface area contributed by atoms with Gasteiger partial charge in [-0.2, -0.15) is 5.26 Å². The quantitative estimate of drug-likeness (QED) is 0.823. The fraction of sp³-hybridized carbons (Fsp3) is 0.214. The number of hydrogen-bond acceptors (Lipinski definition) is 4. The molecule has 0 bridgehead atoms. The standard InChI is InChI=1S/C14H13N3O/c1-2-7-18-14-12(9-15)8-13(10-17-14)11-3-5-16-6-4-11/h3-6,8,10H,2,7H2,1H3. The van der Waals surface area contributed by atoms with E-state index in [9.17, 15) is 0 Å². The Morgan fingerprint density at radius 1 is 1.28 bits per heavy atom. The first kappa shape index (κ1) is 12.1. The summed E-state index contributed by atoms with van der Waals surface area (Å²) in [5.41, 5.74) is 2.33. The van der Waals surface area contributed by atoms with Crippen molar-refractivity contribution in [2.24, 2.45) is 0 Å². The molecule has 0 spiro atoms. The van der Waals surface area contributed by atoms with Crippen molar-refractivity contribution in [3.63, 3.8) is 0 Å². The zero-order valence-corrected chi connectivity index (χ0v) is 10.1. The second-order valence-electron chi connectivity index (χ2n) is 3.77. The van der Waals surface area contributed by atoms with Crippen molar-refractivity contribution in [1.29, 1.82) is 5.26 Å². The van der Waals surface area contributed by atoms with Crippen LogP contribution in [0.2, 0.25) is 0 Å². The molecule has 18 heavy (non-hydrogen) atoms. The van der Waals surface area contributed by atoms with Gasteiger partial charge in [-0.15, -0.1) is 0 Å². The van der Waals surface area contributed by atoms with E-state index in [4.69, 9.17) is 10.00 Å². The van der Waals surface area contributed by atoms with Crippen LogP contribution >= 0.6 is 0 Å². The molecule has 2 aromatic rings. The van der Waals surface area contributed by atoms with Gasteiger partial charge in [-0.3, -0.25) is 4.98 Å². The number of nitriles is 1. The van der Waals surface area contributed by atoms with Gasteiger partial charge in [0.2, 0.25) is 5.88 Å². The number of aromatic nitrogens is 2. The lowest BCUT2D eigenvalue weighted by molar-refractivity contribution is 0.304. The predicted molar refractivity (Wildman–Crippen MR) is 68.0 cm³/mol. The second kappa shape index (κ2) is 5.78. The summed E-state index contributed by atoms with van der Waals surface area (Å²) < 4.78 is 5.42. The number of rotatable bonds is 4. The number of pyridine rings is 2. The van der Waals surface area contributed by atoms with Gasteiger partial charge in [-0.1, -0.05) is 6.92 Å². The SMILES string of the molecule is CCCOc1ncc(-c2ccncc2)cc1C#N. The summed E-state index contributed by atoms with van der Waals surface area (Å²) >= 11 is 0. The van der Waals surface area contributed by atoms with Crippen molar-refractivity contribution in [3.8, 4) is 23.1 Å². The molecule has 0 atom stereocenters. The third-order valence-corrected chi connectivity index (χ3v) is 2.43. The Hall–Kier alpha value is -2.41. The van der Waals surface area contributed by atoms with E-state index in [1.807, 2.05) is 19.1 Å². The predicted octanol–water partition coefficient (Wildman–Crippen LogP) is 2.80. The normalized spacial score (nSPS) is 9.78. The van der Waals surface area contributed by atoms with Gasteiger partial charge >= 0.3 is 0 Å². The summed E-state index contributed by atoms with van der Waals surface area (Å²) in [6, 6.07) is 7.66. The molecule has 0 radical (unpaired) electrons. The van der Waals surface area contributed by atoms with Crippen molar-refractivity contribution < 1.29 is 4.74 Å². The Labute approximate surface area is 106 Å². The molecular formula is C14H13N3O. The Morgan fingerprint density at radius 3 is 2.72 bits per heavy atom. The van der Waals surface area contributed by atoms with Crippen LogP contribution in [0.15, 0.2) is 36.8 Å². The van der Waals surface area contributed by atoms with Crippen molar-refractivity contribution in [2.75, 3.05) is 6.61 Å². The first-order valence-corrected chi connectivity index (χ1v) is 5.78. The molecule has 0 saturated carbocycles. The molecular weight excluding hydrogens is 226 g/mol. The molecule has 0 aliphatic carbocycles. The molecule has 2 heterocycles. The van der Waals surface area contributed by atoms with Crippen molar-refractivity contribution in [1.82, 2.24) is 9.97 Å². The lowest BCUT2D eigenvalue weighted by Gasteiger charge is -2.07. The van der Waals surface area contributed by atoms with E-state index in [-0.39, 0.29) is 0 Å². The molecule has 0 saturated heterocycles. The molecule has 0 unspecified atom stereocenters. The van der Waals surface area contributed by atoms with Crippen LogP contribution in [-0.4, -0.2) is 16.6 Å². The average Bonchev–Trinajstić information content (AvgIpc) is 2.46. The zero-order valence-electron chi connectivity index (χ0n) is 10.1. The lowest BCUT2D eigenvalue weighted by atomic mass is 10.1. The minimum absolute atomic E-state index is 0.400. The molecule has 2 rings (SSSR count). The van der Waals surface area contributed by atoms with Crippen molar-refractivity contribution in [3.05, 3.63) is 42.4 Å². The van der Waals surface area contributed by atoms with Crippen LogP contribution in [0.3, 0.4) is 0 Å². The number of ether oxygens (including phenoxy) is 1. The van der Waals surface area contributed by atoms with Gasteiger partial charge in [0.1, 0.15) is 11.6 Å². The minimum Gasteiger partial charge on any atom is -0.477 e. The van der Waals surface area contributed by atoms with E-state index in [2.05, 4.69) is 16.0 Å². The molecule has 0 N–H and O–H groups in total. The average molecular weight is 239 g/mol. The summed E-state index contributed by atoms with van der Waals surface area (Å²) in [4.78, 5) is 8.16. The molecule has 90 valence electrons. The minimum atomic E-state index is 0.400. The van der Waals surface area contributed by atoms with E-state index in [1.165, 1.54) is 0 Å². The maximum atomic E-state index is 9.11. The Balaban J connectivity index is 2.34. The summed E-state index contributed by atoms with van der Waals surface area (Å²) in [5, 5.41) is 9.11. The summed E-state index contributed by atoms with van der Waals surface area (Å²) in [6.45, 7) is 2.58. The smallest absolute Gasteiger partial charge is 0.231 e. The van der Waals surface area contributed by atoms with E-state index < -0.39 is 0 Å². The van der Waals surface area contributed by atoms with Crippen LogP contribution in [0, 0.1) is 11.3 Å². The van der Waals surface area contributed by atoms with Crippen LogP contribution in [-0.2, 0) is 0 Å². The summed E-state index contributed by atoms with van der Waals surface area (Å²) in [7, 11) is 0. The molecule has 0 aliphatic rings. The molecule has 4 heteroatoms. The Morgan fingerprint density at radius 2 is 2.06 bits per heavy atom. The molecule has 0 aromatic carbocycles. The Kier molecular flexibility index (Phi) is 3.87. The maximum Gasteiger partial charge on any atom is 0.231 e. The highest BCUT2D eigenvalue weighted by molar-refractivity contribution is 5.64. The van der Waals surface area contributed by atoms with Gasteiger partial charge in [0.15, 0.2) is 0 Å². The zero-order chi connectivity index (χ0) is 12.8. The number of nitrogens with zero attached hydrogens (tertiary/aromatic N) is 3. The molecule has 0 amide bonds. The largest absolute Gasteiger partial charge is 0.477 e. The monoisotopic (exact) mass is 239 g/mol. The highest BCUT2D eigenvalue weighted by Gasteiger charge is 2.07. The van der Waals surface area contributed by atoms with Gasteiger partial charge in [0.25, 0.3) is 0 Å². The van der Waals surface area contributed by atoms with Crippen LogP contribution in [0.5, 0.6) is 5.88 Å². The van der Waals surface area contributed by atoms with Crippen LogP contribution in [0.4, 0.5) is 0 Å². The molecule has 4 nitrogen and oxygen atoms in total.